The fourth-order valence-electron chi connectivity index (χ4n) is 1.27. The Bertz CT molecular complexity index is 555. The van der Waals surface area contributed by atoms with Crippen LogP contribution in [0.3, 0.4) is 0 Å². The first-order valence-corrected chi connectivity index (χ1v) is 4.62. The normalized spacial score (nSPS) is 9.71. The second-order valence-electron chi connectivity index (χ2n) is 3.18. The van der Waals surface area contributed by atoms with Gasteiger partial charge < -0.3 is 5.32 Å². The second kappa shape index (κ2) is 4.53. The number of nitriles is 1. The molecule has 17 heavy (non-hydrogen) atoms. The number of nitrogens with one attached hydrogen (secondary N) is 1. The molecule has 0 bridgehead atoms. The van der Waals surface area contributed by atoms with E-state index in [-0.39, 0.29) is 11.3 Å². The minimum Gasteiger partial charge on any atom is -0.348 e. The van der Waals surface area contributed by atoms with Crippen LogP contribution in [0.1, 0.15) is 5.56 Å². The van der Waals surface area contributed by atoms with E-state index in [9.17, 15) is 8.78 Å². The smallest absolute Gasteiger partial charge is 0.150 e. The average molecular weight is 232 g/mol. The minimum atomic E-state index is -0.842. The maximum Gasteiger partial charge on any atom is 0.150 e. The van der Waals surface area contributed by atoms with E-state index in [1.54, 1.807) is 6.07 Å². The number of benzene rings is 1. The largest absolute Gasteiger partial charge is 0.348 e. The van der Waals surface area contributed by atoms with Crippen molar-refractivity contribution in [1.82, 2.24) is 9.97 Å². The Morgan fingerprint density at radius 1 is 1.12 bits per heavy atom. The highest BCUT2D eigenvalue weighted by molar-refractivity contribution is 5.60. The average Bonchev–Trinajstić information content (AvgIpc) is 2.35. The van der Waals surface area contributed by atoms with Crippen molar-refractivity contribution in [3.63, 3.8) is 0 Å². The molecule has 0 saturated carbocycles. The van der Waals surface area contributed by atoms with Crippen molar-refractivity contribution >= 4 is 11.4 Å². The number of hydrogen-bond acceptors (Lipinski definition) is 4. The third-order valence-electron chi connectivity index (χ3n) is 2.00. The van der Waals surface area contributed by atoms with Crippen LogP contribution in [0, 0.1) is 23.0 Å². The van der Waals surface area contributed by atoms with Crippen LogP contribution in [0.2, 0.25) is 0 Å². The van der Waals surface area contributed by atoms with Crippen LogP contribution in [0.15, 0.2) is 30.9 Å². The van der Waals surface area contributed by atoms with Crippen LogP contribution >= 0.6 is 0 Å². The van der Waals surface area contributed by atoms with Gasteiger partial charge in [-0.25, -0.2) is 18.7 Å². The molecular weight excluding hydrogens is 226 g/mol. The van der Waals surface area contributed by atoms with Crippen molar-refractivity contribution in [2.45, 2.75) is 0 Å². The van der Waals surface area contributed by atoms with Crippen LogP contribution in [0.5, 0.6) is 0 Å². The summed E-state index contributed by atoms with van der Waals surface area (Å²) >= 11 is 0. The lowest BCUT2D eigenvalue weighted by Gasteiger charge is -2.07. The summed E-state index contributed by atoms with van der Waals surface area (Å²) in [7, 11) is 0. The third kappa shape index (κ3) is 2.34. The minimum absolute atomic E-state index is 0.0742. The molecule has 6 heteroatoms. The van der Waals surface area contributed by atoms with Gasteiger partial charge in [0, 0.05) is 0 Å². The molecule has 0 aliphatic carbocycles. The van der Waals surface area contributed by atoms with Gasteiger partial charge >= 0.3 is 0 Å². The molecule has 0 aliphatic rings. The highest BCUT2D eigenvalue weighted by Gasteiger charge is 2.11. The number of nitrogens with zero attached hydrogens (tertiary/aromatic N) is 3. The van der Waals surface area contributed by atoms with E-state index in [1.807, 2.05) is 0 Å². The summed E-state index contributed by atoms with van der Waals surface area (Å²) in [6.45, 7) is 0. The molecule has 0 spiro atoms. The van der Waals surface area contributed by atoms with Gasteiger partial charge in [0.05, 0.1) is 29.7 Å². The molecule has 2 rings (SSSR count). The van der Waals surface area contributed by atoms with E-state index in [4.69, 9.17) is 5.26 Å². The number of hydrogen-bond donors (Lipinski definition) is 1. The molecule has 1 aromatic carbocycles. The van der Waals surface area contributed by atoms with Crippen molar-refractivity contribution in [3.8, 4) is 6.07 Å². The zero-order chi connectivity index (χ0) is 12.3. The molecule has 0 unspecified atom stereocenters. The van der Waals surface area contributed by atoms with Crippen molar-refractivity contribution in [3.05, 3.63) is 48.1 Å². The molecule has 0 atom stereocenters. The molecule has 4 nitrogen and oxygen atoms in total. The Morgan fingerprint density at radius 2 is 1.71 bits per heavy atom. The predicted octanol–water partition coefficient (Wildman–Crippen LogP) is 2.37. The van der Waals surface area contributed by atoms with Gasteiger partial charge in [-0.15, -0.1) is 0 Å². The van der Waals surface area contributed by atoms with Gasteiger partial charge in [0.15, 0.2) is 11.6 Å². The van der Waals surface area contributed by atoms with E-state index in [1.165, 1.54) is 18.7 Å². The van der Waals surface area contributed by atoms with Crippen LogP contribution in [-0.4, -0.2) is 9.97 Å². The van der Waals surface area contributed by atoms with Gasteiger partial charge in [-0.1, -0.05) is 0 Å². The number of aromatic nitrogens is 2. The third-order valence-corrected chi connectivity index (χ3v) is 2.00. The summed E-state index contributed by atoms with van der Waals surface area (Å²) in [5.74, 6) is -1.68. The van der Waals surface area contributed by atoms with Crippen molar-refractivity contribution in [2.24, 2.45) is 0 Å². The molecule has 1 N–H and O–H groups in total. The molecule has 2 aromatic rings. The predicted molar refractivity (Wildman–Crippen MR) is 56.4 cm³/mol. The van der Waals surface area contributed by atoms with E-state index in [0.717, 1.165) is 12.1 Å². The Balaban J connectivity index is 2.38. The van der Waals surface area contributed by atoms with Crippen molar-refractivity contribution in [1.29, 1.82) is 5.26 Å². The highest BCUT2D eigenvalue weighted by Crippen LogP contribution is 2.23. The van der Waals surface area contributed by atoms with E-state index in [2.05, 4.69) is 15.3 Å². The number of anilines is 2. The second-order valence-corrected chi connectivity index (χ2v) is 3.18. The van der Waals surface area contributed by atoms with Crippen LogP contribution in [0.4, 0.5) is 20.2 Å². The van der Waals surface area contributed by atoms with Gasteiger partial charge in [0.25, 0.3) is 0 Å². The van der Waals surface area contributed by atoms with Crippen molar-refractivity contribution in [2.75, 3.05) is 5.32 Å². The zero-order valence-corrected chi connectivity index (χ0v) is 8.48. The molecule has 1 aromatic heterocycles. The van der Waals surface area contributed by atoms with Crippen LogP contribution < -0.4 is 5.32 Å². The monoisotopic (exact) mass is 232 g/mol. The number of rotatable bonds is 2. The first kappa shape index (κ1) is 11.0. The number of halogens is 2. The van der Waals surface area contributed by atoms with Crippen LogP contribution in [0.25, 0.3) is 0 Å². The van der Waals surface area contributed by atoms with Gasteiger partial charge in [-0.05, 0) is 12.1 Å². The lowest BCUT2D eigenvalue weighted by Crippen LogP contribution is -1.99. The van der Waals surface area contributed by atoms with Gasteiger partial charge in [0.1, 0.15) is 12.0 Å². The quantitative estimate of drug-likeness (QED) is 0.863. The lowest BCUT2D eigenvalue weighted by atomic mass is 10.2. The highest BCUT2D eigenvalue weighted by atomic mass is 19.1. The fourth-order valence-corrected chi connectivity index (χ4v) is 1.27. The van der Waals surface area contributed by atoms with E-state index >= 15 is 0 Å². The maximum atomic E-state index is 13.5. The van der Waals surface area contributed by atoms with Crippen LogP contribution in [-0.2, 0) is 0 Å². The molecule has 1 heterocycles. The topological polar surface area (TPSA) is 61.6 Å². The molecule has 0 fully saturated rings. The Labute approximate surface area is 95.6 Å². The molecule has 0 saturated heterocycles. The summed E-state index contributed by atoms with van der Waals surface area (Å²) in [6.07, 6.45) is 4.06. The van der Waals surface area contributed by atoms with Gasteiger partial charge in [-0.2, -0.15) is 5.26 Å². The summed E-state index contributed by atoms with van der Waals surface area (Å²) in [5, 5.41) is 11.1. The van der Waals surface area contributed by atoms with Gasteiger partial charge in [0.2, 0.25) is 0 Å². The fraction of sp³-hybridized carbons (Fsp3) is 0. The molecule has 0 amide bonds. The summed E-state index contributed by atoms with van der Waals surface area (Å²) < 4.78 is 27.0. The van der Waals surface area contributed by atoms with E-state index < -0.39 is 11.6 Å². The maximum absolute atomic E-state index is 13.5. The first-order chi connectivity index (χ1) is 8.20. The zero-order valence-electron chi connectivity index (χ0n) is 8.48. The standard InChI is InChI=1S/C11H6F2N4/c12-9-1-7(3-14)2-10(13)11(9)17-8-4-15-6-16-5-8/h1-2,4-6,17H. The molecule has 84 valence electrons. The SMILES string of the molecule is N#Cc1cc(F)c(Nc2cncnc2)c(F)c1. The Kier molecular flexibility index (Phi) is 2.92. The molecular formula is C11H6F2N4. The first-order valence-electron chi connectivity index (χ1n) is 4.62. The Hall–Kier alpha value is -2.55. The summed E-state index contributed by atoms with van der Waals surface area (Å²) in [6, 6.07) is 3.57. The lowest BCUT2D eigenvalue weighted by molar-refractivity contribution is 0.590. The summed E-state index contributed by atoms with van der Waals surface area (Å²) in [4.78, 5) is 7.41. The molecule has 0 radical (unpaired) electrons. The van der Waals surface area contributed by atoms with E-state index in [0.29, 0.717) is 5.69 Å². The molecule has 0 aliphatic heterocycles. The van der Waals surface area contributed by atoms with Crippen molar-refractivity contribution < 1.29 is 8.78 Å². The Morgan fingerprint density at radius 3 is 2.24 bits per heavy atom. The van der Waals surface area contributed by atoms with Gasteiger partial charge in [-0.3, -0.25) is 0 Å². The summed E-state index contributed by atoms with van der Waals surface area (Å²) in [5.41, 5.74) is -0.0522.